The molecule has 4 aromatic rings. The lowest BCUT2D eigenvalue weighted by Gasteiger charge is -2.13. The van der Waals surface area contributed by atoms with E-state index in [4.69, 9.17) is 18.9 Å². The molecule has 0 atom stereocenters. The summed E-state index contributed by atoms with van der Waals surface area (Å²) in [5.41, 5.74) is 1.73. The van der Waals surface area contributed by atoms with E-state index in [0.29, 0.717) is 50.3 Å². The summed E-state index contributed by atoms with van der Waals surface area (Å²) in [7, 11) is 4.80. The number of hydrogen-bond donors (Lipinski definition) is 0. The molecule has 5 rings (SSSR count). The van der Waals surface area contributed by atoms with Gasteiger partial charge < -0.3 is 23.5 Å². The Balaban J connectivity index is 1.99. The lowest BCUT2D eigenvalue weighted by molar-refractivity contribution is 0.174. The molecular weight excluding hydrogens is 350 g/mol. The highest BCUT2D eigenvalue weighted by Crippen LogP contribution is 2.39. The van der Waals surface area contributed by atoms with Crippen molar-refractivity contribution in [2.45, 2.75) is 0 Å². The number of pyridine rings is 1. The van der Waals surface area contributed by atoms with E-state index in [-0.39, 0.29) is 12.4 Å². The maximum absolute atomic E-state index is 13.0. The summed E-state index contributed by atoms with van der Waals surface area (Å²) < 4.78 is 23.2. The Kier molecular flexibility index (Phi) is 3.18. The standard InChI is InChI=1S/C19H15N3O5/c1-22-18-11-6-15-16(27-8-26-15)7-12(11)20-21-17(18)9-4-13(24-2)14(25-3)5-10(9)19(22)23/h4-7H,8H2,1-3H3. The van der Waals surface area contributed by atoms with Crippen LogP contribution in [0.4, 0.5) is 0 Å². The van der Waals surface area contributed by atoms with Crippen molar-refractivity contribution in [1.82, 2.24) is 14.8 Å². The first-order valence-electron chi connectivity index (χ1n) is 8.27. The molecule has 2 aromatic carbocycles. The molecule has 0 spiro atoms. The third kappa shape index (κ3) is 2.06. The molecule has 0 amide bonds. The lowest BCUT2D eigenvalue weighted by atomic mass is 10.1. The fourth-order valence-corrected chi connectivity index (χ4v) is 3.54. The van der Waals surface area contributed by atoms with Gasteiger partial charge in [-0.1, -0.05) is 0 Å². The summed E-state index contributed by atoms with van der Waals surface area (Å²) in [5.74, 6) is 2.25. The van der Waals surface area contributed by atoms with Crippen LogP contribution in [-0.2, 0) is 7.05 Å². The van der Waals surface area contributed by atoms with Crippen LogP contribution in [0.5, 0.6) is 23.0 Å². The fraction of sp³-hybridized carbons (Fsp3) is 0.211. The SMILES string of the molecule is COc1cc2c(=O)n(C)c3c4cc5c(cc4nnc3c2cc1OC)OCO5. The number of aromatic nitrogens is 3. The molecule has 0 fully saturated rings. The number of hydrogen-bond acceptors (Lipinski definition) is 7. The summed E-state index contributed by atoms with van der Waals surface area (Å²) in [6, 6.07) is 7.03. The number of nitrogens with zero attached hydrogens (tertiary/aromatic N) is 3. The molecule has 8 heteroatoms. The summed E-state index contributed by atoms with van der Waals surface area (Å²) >= 11 is 0. The highest BCUT2D eigenvalue weighted by molar-refractivity contribution is 6.13. The van der Waals surface area contributed by atoms with Gasteiger partial charge in [-0.25, -0.2) is 0 Å². The number of aryl methyl sites for hydroxylation is 1. The van der Waals surface area contributed by atoms with Crippen LogP contribution in [0.25, 0.3) is 32.7 Å². The Hall–Kier alpha value is -3.55. The molecule has 1 aliphatic heterocycles. The van der Waals surface area contributed by atoms with E-state index in [9.17, 15) is 4.79 Å². The zero-order chi connectivity index (χ0) is 18.7. The summed E-state index contributed by atoms with van der Waals surface area (Å²) in [4.78, 5) is 13.0. The first kappa shape index (κ1) is 15.7. The molecule has 0 saturated carbocycles. The van der Waals surface area contributed by atoms with Crippen LogP contribution in [0, 0.1) is 0 Å². The molecule has 2 aromatic heterocycles. The van der Waals surface area contributed by atoms with E-state index >= 15 is 0 Å². The number of benzene rings is 2. The quantitative estimate of drug-likeness (QED) is 0.504. The molecule has 8 nitrogen and oxygen atoms in total. The van der Waals surface area contributed by atoms with Gasteiger partial charge in [0.1, 0.15) is 5.52 Å². The second-order valence-corrected chi connectivity index (χ2v) is 6.24. The van der Waals surface area contributed by atoms with E-state index in [1.54, 1.807) is 36.9 Å². The maximum atomic E-state index is 13.0. The predicted octanol–water partition coefficient (Wildman–Crippen LogP) is 2.38. The molecule has 0 bridgehead atoms. The van der Waals surface area contributed by atoms with Gasteiger partial charge in [0.05, 0.1) is 30.6 Å². The van der Waals surface area contributed by atoms with Gasteiger partial charge in [0.25, 0.3) is 5.56 Å². The van der Waals surface area contributed by atoms with Crippen LogP contribution in [0.15, 0.2) is 29.1 Å². The van der Waals surface area contributed by atoms with Crippen molar-refractivity contribution in [3.8, 4) is 23.0 Å². The van der Waals surface area contributed by atoms with E-state index in [1.807, 2.05) is 6.07 Å². The highest BCUT2D eigenvalue weighted by atomic mass is 16.7. The monoisotopic (exact) mass is 365 g/mol. The van der Waals surface area contributed by atoms with Gasteiger partial charge in [-0.15, -0.1) is 10.2 Å². The first-order chi connectivity index (χ1) is 13.1. The number of methoxy groups -OCH3 is 2. The van der Waals surface area contributed by atoms with E-state index in [1.165, 1.54) is 7.11 Å². The third-order valence-electron chi connectivity index (χ3n) is 4.88. The minimum atomic E-state index is -0.162. The van der Waals surface area contributed by atoms with Crippen molar-refractivity contribution in [2.75, 3.05) is 21.0 Å². The third-order valence-corrected chi connectivity index (χ3v) is 4.88. The van der Waals surface area contributed by atoms with Gasteiger partial charge in [-0.2, -0.15) is 0 Å². The van der Waals surface area contributed by atoms with Crippen LogP contribution < -0.4 is 24.5 Å². The molecule has 0 aliphatic carbocycles. The van der Waals surface area contributed by atoms with Crippen molar-refractivity contribution >= 4 is 32.7 Å². The van der Waals surface area contributed by atoms with Gasteiger partial charge in [0.2, 0.25) is 6.79 Å². The van der Waals surface area contributed by atoms with Gasteiger partial charge in [0.15, 0.2) is 23.0 Å². The fourth-order valence-electron chi connectivity index (χ4n) is 3.54. The largest absolute Gasteiger partial charge is 0.493 e. The van der Waals surface area contributed by atoms with Crippen LogP contribution >= 0.6 is 0 Å². The molecule has 27 heavy (non-hydrogen) atoms. The minimum absolute atomic E-state index is 0.162. The second kappa shape index (κ2) is 5.47. The molecule has 0 N–H and O–H groups in total. The first-order valence-corrected chi connectivity index (χ1v) is 8.27. The van der Waals surface area contributed by atoms with Crippen LogP contribution in [-0.4, -0.2) is 35.8 Å². The Labute approximate surface area is 152 Å². The zero-order valence-corrected chi connectivity index (χ0v) is 14.9. The molecule has 0 saturated heterocycles. The number of rotatable bonds is 2. The van der Waals surface area contributed by atoms with Gasteiger partial charge in [0, 0.05) is 23.9 Å². The van der Waals surface area contributed by atoms with E-state index < -0.39 is 0 Å². The zero-order valence-electron chi connectivity index (χ0n) is 14.9. The van der Waals surface area contributed by atoms with Crippen molar-refractivity contribution in [2.24, 2.45) is 7.05 Å². The average molecular weight is 365 g/mol. The Morgan fingerprint density at radius 2 is 1.59 bits per heavy atom. The predicted molar refractivity (Wildman–Crippen MR) is 99.0 cm³/mol. The van der Waals surface area contributed by atoms with Crippen LogP contribution in [0.1, 0.15) is 0 Å². The Bertz CT molecular complexity index is 1310. The normalized spacial score (nSPS) is 12.9. The molecule has 3 heterocycles. The lowest BCUT2D eigenvalue weighted by Crippen LogP contribution is -2.18. The number of fused-ring (bicyclic) bond motifs is 6. The van der Waals surface area contributed by atoms with E-state index in [2.05, 4.69) is 10.2 Å². The van der Waals surface area contributed by atoms with Gasteiger partial charge in [-0.3, -0.25) is 4.79 Å². The summed E-state index contributed by atoms with van der Waals surface area (Å²) in [6.07, 6.45) is 0. The van der Waals surface area contributed by atoms with Crippen LogP contribution in [0.3, 0.4) is 0 Å². The average Bonchev–Trinajstić information content (AvgIpc) is 3.15. The molecule has 1 aliphatic rings. The number of ether oxygens (including phenoxy) is 4. The maximum Gasteiger partial charge on any atom is 0.258 e. The topological polar surface area (TPSA) is 84.7 Å². The van der Waals surface area contributed by atoms with Crippen molar-refractivity contribution in [3.05, 3.63) is 34.6 Å². The smallest absolute Gasteiger partial charge is 0.258 e. The van der Waals surface area contributed by atoms with Crippen molar-refractivity contribution in [1.29, 1.82) is 0 Å². The van der Waals surface area contributed by atoms with E-state index in [0.717, 1.165) is 5.39 Å². The summed E-state index contributed by atoms with van der Waals surface area (Å²) in [6.45, 7) is 0.163. The molecule has 0 unspecified atom stereocenters. The Morgan fingerprint density at radius 1 is 0.926 bits per heavy atom. The van der Waals surface area contributed by atoms with Crippen molar-refractivity contribution in [3.63, 3.8) is 0 Å². The van der Waals surface area contributed by atoms with Crippen LogP contribution in [0.2, 0.25) is 0 Å². The van der Waals surface area contributed by atoms with Crippen molar-refractivity contribution < 1.29 is 18.9 Å². The summed E-state index contributed by atoms with van der Waals surface area (Å²) in [5, 5.41) is 10.6. The van der Waals surface area contributed by atoms with Gasteiger partial charge in [-0.05, 0) is 18.2 Å². The van der Waals surface area contributed by atoms with Gasteiger partial charge >= 0.3 is 0 Å². The minimum Gasteiger partial charge on any atom is -0.493 e. The molecule has 0 radical (unpaired) electrons. The molecule has 136 valence electrons. The highest BCUT2D eigenvalue weighted by Gasteiger charge is 2.20. The molecular formula is C19H15N3O5. The second-order valence-electron chi connectivity index (χ2n) is 6.24. The Morgan fingerprint density at radius 3 is 2.30 bits per heavy atom.